The summed E-state index contributed by atoms with van der Waals surface area (Å²) in [6, 6.07) is 4.77. The van der Waals surface area contributed by atoms with E-state index in [2.05, 4.69) is 21.2 Å². The van der Waals surface area contributed by atoms with Crippen LogP contribution in [-0.4, -0.2) is 19.8 Å². The number of anilines is 1. The zero-order valence-electron chi connectivity index (χ0n) is 7.86. The minimum absolute atomic E-state index is 0.353. The Labute approximate surface area is 93.6 Å². The molecule has 6 heteroatoms. The first-order valence-corrected chi connectivity index (χ1v) is 4.86. The summed E-state index contributed by atoms with van der Waals surface area (Å²) >= 11 is 3.14. The zero-order valence-corrected chi connectivity index (χ0v) is 9.45. The summed E-state index contributed by atoms with van der Waals surface area (Å²) in [6.07, 6.45) is -4.23. The van der Waals surface area contributed by atoms with Gasteiger partial charge in [0, 0.05) is 10.5 Å². The van der Waals surface area contributed by atoms with E-state index in [0.717, 1.165) is 0 Å². The fraction of sp³-hybridized carbons (Fsp3) is 0.333. The largest absolute Gasteiger partial charge is 0.497 e. The minimum atomic E-state index is -4.23. The molecule has 84 valence electrons. The van der Waals surface area contributed by atoms with Crippen molar-refractivity contribution in [1.29, 1.82) is 0 Å². The molecule has 1 aromatic carbocycles. The maximum Gasteiger partial charge on any atom is 0.405 e. The van der Waals surface area contributed by atoms with E-state index >= 15 is 0 Å². The molecule has 0 aromatic heterocycles. The predicted molar refractivity (Wildman–Crippen MR) is 55.2 cm³/mol. The Morgan fingerprint density at radius 2 is 2.07 bits per heavy atom. The maximum absolute atomic E-state index is 11.9. The molecular formula is C9H9BrF3NO. The molecule has 0 saturated carbocycles. The van der Waals surface area contributed by atoms with Crippen LogP contribution >= 0.6 is 15.9 Å². The lowest BCUT2D eigenvalue weighted by Gasteiger charge is -2.12. The SMILES string of the molecule is COc1ccc(Br)c(NCC(F)(F)F)c1. The minimum Gasteiger partial charge on any atom is -0.497 e. The molecular weight excluding hydrogens is 275 g/mol. The van der Waals surface area contributed by atoms with Crippen LogP contribution in [0.4, 0.5) is 18.9 Å². The molecule has 1 N–H and O–H groups in total. The summed E-state index contributed by atoms with van der Waals surface area (Å²) in [7, 11) is 1.46. The van der Waals surface area contributed by atoms with Gasteiger partial charge >= 0.3 is 6.18 Å². The molecule has 2 nitrogen and oxygen atoms in total. The number of nitrogens with one attached hydrogen (secondary N) is 1. The van der Waals surface area contributed by atoms with Crippen LogP contribution in [0.5, 0.6) is 5.75 Å². The molecule has 0 radical (unpaired) electrons. The molecule has 0 atom stereocenters. The van der Waals surface area contributed by atoms with Gasteiger partial charge < -0.3 is 10.1 Å². The Kier molecular flexibility index (Phi) is 3.84. The lowest BCUT2D eigenvalue weighted by molar-refractivity contribution is -0.115. The molecule has 0 aliphatic heterocycles. The van der Waals surface area contributed by atoms with Gasteiger partial charge in [-0.15, -0.1) is 0 Å². The monoisotopic (exact) mass is 283 g/mol. The van der Waals surface area contributed by atoms with E-state index < -0.39 is 12.7 Å². The van der Waals surface area contributed by atoms with Crippen molar-refractivity contribution in [2.24, 2.45) is 0 Å². The highest BCUT2D eigenvalue weighted by molar-refractivity contribution is 9.10. The van der Waals surface area contributed by atoms with Crippen molar-refractivity contribution in [3.8, 4) is 5.75 Å². The van der Waals surface area contributed by atoms with Gasteiger partial charge in [-0.2, -0.15) is 13.2 Å². The van der Waals surface area contributed by atoms with Crippen LogP contribution in [0.2, 0.25) is 0 Å². The second-order valence-electron chi connectivity index (χ2n) is 2.81. The summed E-state index contributed by atoms with van der Waals surface area (Å²) in [4.78, 5) is 0. The standard InChI is InChI=1S/C9H9BrF3NO/c1-15-6-2-3-7(10)8(4-6)14-5-9(11,12)13/h2-4,14H,5H2,1H3. The van der Waals surface area contributed by atoms with E-state index in [-0.39, 0.29) is 0 Å². The molecule has 15 heavy (non-hydrogen) atoms. The molecule has 0 aliphatic rings. The number of hydrogen-bond donors (Lipinski definition) is 1. The fourth-order valence-corrected chi connectivity index (χ4v) is 1.35. The Morgan fingerprint density at radius 3 is 2.60 bits per heavy atom. The average molecular weight is 284 g/mol. The smallest absolute Gasteiger partial charge is 0.405 e. The van der Waals surface area contributed by atoms with Crippen LogP contribution in [0.1, 0.15) is 0 Å². The third-order valence-electron chi connectivity index (χ3n) is 1.65. The quantitative estimate of drug-likeness (QED) is 0.918. The van der Waals surface area contributed by atoms with E-state index in [0.29, 0.717) is 15.9 Å². The van der Waals surface area contributed by atoms with E-state index in [1.165, 1.54) is 13.2 Å². The first-order valence-electron chi connectivity index (χ1n) is 4.06. The molecule has 0 fully saturated rings. The summed E-state index contributed by atoms with van der Waals surface area (Å²) in [5.41, 5.74) is 0.353. The van der Waals surface area contributed by atoms with Gasteiger partial charge in [0.15, 0.2) is 0 Å². The molecule has 0 unspecified atom stereocenters. The van der Waals surface area contributed by atoms with Crippen LogP contribution in [0.15, 0.2) is 22.7 Å². The van der Waals surface area contributed by atoms with Crippen LogP contribution in [0, 0.1) is 0 Å². The number of benzene rings is 1. The molecule has 1 aromatic rings. The van der Waals surface area contributed by atoms with Crippen molar-refractivity contribution in [3.63, 3.8) is 0 Å². The maximum atomic E-state index is 11.9. The summed E-state index contributed by atoms with van der Waals surface area (Å²) in [5.74, 6) is 0.503. The van der Waals surface area contributed by atoms with Crippen molar-refractivity contribution in [2.45, 2.75) is 6.18 Å². The first-order chi connectivity index (χ1) is 6.92. The molecule has 0 aliphatic carbocycles. The molecule has 0 bridgehead atoms. The van der Waals surface area contributed by atoms with E-state index in [1.54, 1.807) is 12.1 Å². The lowest BCUT2D eigenvalue weighted by Crippen LogP contribution is -2.21. The summed E-state index contributed by atoms with van der Waals surface area (Å²) in [5, 5.41) is 2.28. The molecule has 0 saturated heterocycles. The molecule has 0 spiro atoms. The Morgan fingerprint density at radius 1 is 1.40 bits per heavy atom. The van der Waals surface area contributed by atoms with Gasteiger partial charge in [0.2, 0.25) is 0 Å². The van der Waals surface area contributed by atoms with Crippen LogP contribution in [-0.2, 0) is 0 Å². The molecule has 0 heterocycles. The van der Waals surface area contributed by atoms with Gasteiger partial charge in [-0.1, -0.05) is 0 Å². The fourth-order valence-electron chi connectivity index (χ4n) is 0.962. The van der Waals surface area contributed by atoms with Crippen molar-refractivity contribution in [1.82, 2.24) is 0 Å². The van der Waals surface area contributed by atoms with E-state index in [9.17, 15) is 13.2 Å². The second-order valence-corrected chi connectivity index (χ2v) is 3.67. The third-order valence-corrected chi connectivity index (χ3v) is 2.34. The highest BCUT2D eigenvalue weighted by Crippen LogP contribution is 2.28. The number of alkyl halides is 3. The normalized spacial score (nSPS) is 11.3. The first kappa shape index (κ1) is 12.2. The van der Waals surface area contributed by atoms with Crippen molar-refractivity contribution < 1.29 is 17.9 Å². The average Bonchev–Trinajstić information content (AvgIpc) is 2.15. The molecule has 0 amide bonds. The molecule has 1 rings (SSSR count). The number of hydrogen-bond acceptors (Lipinski definition) is 2. The van der Waals surface area contributed by atoms with Crippen molar-refractivity contribution >= 4 is 21.6 Å². The topological polar surface area (TPSA) is 21.3 Å². The summed E-state index contributed by atoms with van der Waals surface area (Å²) in [6.45, 7) is -1.07. The Bertz CT molecular complexity index is 341. The van der Waals surface area contributed by atoms with Crippen LogP contribution in [0.3, 0.4) is 0 Å². The lowest BCUT2D eigenvalue weighted by atomic mass is 10.3. The van der Waals surface area contributed by atoms with Gasteiger partial charge in [0.25, 0.3) is 0 Å². The van der Waals surface area contributed by atoms with Gasteiger partial charge in [0.05, 0.1) is 12.8 Å². The van der Waals surface area contributed by atoms with Crippen LogP contribution < -0.4 is 10.1 Å². The summed E-state index contributed by atoms with van der Waals surface area (Å²) < 4.78 is 41.3. The highest BCUT2D eigenvalue weighted by atomic mass is 79.9. The highest BCUT2D eigenvalue weighted by Gasteiger charge is 2.26. The zero-order chi connectivity index (χ0) is 11.5. The Hall–Kier alpha value is -0.910. The number of halogens is 4. The second kappa shape index (κ2) is 4.74. The van der Waals surface area contributed by atoms with Gasteiger partial charge in [-0.25, -0.2) is 0 Å². The Balaban J connectivity index is 2.75. The van der Waals surface area contributed by atoms with Crippen LogP contribution in [0.25, 0.3) is 0 Å². The predicted octanol–water partition coefficient (Wildman–Crippen LogP) is 3.43. The number of ether oxygens (including phenoxy) is 1. The van der Waals surface area contributed by atoms with E-state index in [1.807, 2.05) is 0 Å². The van der Waals surface area contributed by atoms with Gasteiger partial charge in [0.1, 0.15) is 12.3 Å². The van der Waals surface area contributed by atoms with E-state index in [4.69, 9.17) is 4.74 Å². The van der Waals surface area contributed by atoms with Gasteiger partial charge in [-0.05, 0) is 28.1 Å². The number of methoxy groups -OCH3 is 1. The van der Waals surface area contributed by atoms with Crippen molar-refractivity contribution in [3.05, 3.63) is 22.7 Å². The number of rotatable bonds is 3. The third kappa shape index (κ3) is 3.99. The van der Waals surface area contributed by atoms with Gasteiger partial charge in [-0.3, -0.25) is 0 Å². The van der Waals surface area contributed by atoms with Crippen molar-refractivity contribution in [2.75, 3.05) is 19.0 Å².